The molecular formula is C10H13NO2. The van der Waals surface area contributed by atoms with Crippen molar-refractivity contribution in [2.45, 2.75) is 19.3 Å². The third-order valence-corrected chi connectivity index (χ3v) is 1.82. The lowest BCUT2D eigenvalue weighted by Gasteiger charge is -1.99. The van der Waals surface area contributed by atoms with Crippen LogP contribution in [0, 0.1) is 0 Å². The molecule has 1 heterocycles. The average Bonchev–Trinajstić information content (AvgIpc) is 2.19. The van der Waals surface area contributed by atoms with Crippen molar-refractivity contribution in [3.8, 4) is 0 Å². The number of hydrogen-bond donors (Lipinski definition) is 0. The zero-order valence-electron chi connectivity index (χ0n) is 7.69. The second kappa shape index (κ2) is 5.30. The van der Waals surface area contributed by atoms with E-state index in [9.17, 15) is 4.79 Å². The number of ether oxygens (including phenoxy) is 1. The summed E-state index contributed by atoms with van der Waals surface area (Å²) in [6, 6.07) is 3.91. The zero-order valence-corrected chi connectivity index (χ0v) is 7.69. The molecule has 1 rings (SSSR count). The van der Waals surface area contributed by atoms with E-state index in [0.29, 0.717) is 6.42 Å². The molecule has 0 radical (unpaired) electrons. The number of methoxy groups -OCH3 is 1. The Kier molecular flexibility index (Phi) is 3.96. The van der Waals surface area contributed by atoms with E-state index >= 15 is 0 Å². The summed E-state index contributed by atoms with van der Waals surface area (Å²) in [4.78, 5) is 14.7. The molecule has 0 aliphatic rings. The maximum absolute atomic E-state index is 10.8. The Morgan fingerprint density at radius 1 is 1.46 bits per heavy atom. The largest absolute Gasteiger partial charge is 0.469 e. The Balaban J connectivity index is 2.24. The van der Waals surface area contributed by atoms with E-state index in [1.165, 1.54) is 12.7 Å². The molecule has 0 amide bonds. The molecule has 0 fully saturated rings. The van der Waals surface area contributed by atoms with Crippen molar-refractivity contribution in [3.05, 3.63) is 30.1 Å². The minimum atomic E-state index is -0.144. The lowest BCUT2D eigenvalue weighted by atomic mass is 10.1. The quantitative estimate of drug-likeness (QED) is 0.659. The van der Waals surface area contributed by atoms with Gasteiger partial charge in [0.15, 0.2) is 0 Å². The Bertz CT molecular complexity index is 259. The van der Waals surface area contributed by atoms with Crippen molar-refractivity contribution in [3.63, 3.8) is 0 Å². The van der Waals surface area contributed by atoms with E-state index in [2.05, 4.69) is 9.72 Å². The van der Waals surface area contributed by atoms with Crippen LogP contribution in [0.1, 0.15) is 18.4 Å². The van der Waals surface area contributed by atoms with Crippen LogP contribution in [0.4, 0.5) is 0 Å². The maximum Gasteiger partial charge on any atom is 0.305 e. The molecule has 3 heteroatoms. The normalized spacial score (nSPS) is 9.62. The number of carbonyl (C=O) groups is 1. The molecule has 0 atom stereocenters. The molecule has 0 spiro atoms. The van der Waals surface area contributed by atoms with E-state index in [4.69, 9.17) is 0 Å². The van der Waals surface area contributed by atoms with Crippen molar-refractivity contribution in [1.82, 2.24) is 4.98 Å². The van der Waals surface area contributed by atoms with Gasteiger partial charge in [-0.3, -0.25) is 9.78 Å². The first kappa shape index (κ1) is 9.71. The second-order valence-corrected chi connectivity index (χ2v) is 2.79. The summed E-state index contributed by atoms with van der Waals surface area (Å²) in [5.74, 6) is -0.144. The smallest absolute Gasteiger partial charge is 0.305 e. The van der Waals surface area contributed by atoms with Gasteiger partial charge in [-0.15, -0.1) is 0 Å². The number of esters is 1. The topological polar surface area (TPSA) is 39.2 Å². The number of carbonyl (C=O) groups excluding carboxylic acids is 1. The summed E-state index contributed by atoms with van der Waals surface area (Å²) in [6.07, 6.45) is 5.73. The Morgan fingerprint density at radius 2 is 2.15 bits per heavy atom. The maximum atomic E-state index is 10.8. The van der Waals surface area contributed by atoms with Crippen LogP contribution in [0.3, 0.4) is 0 Å². The van der Waals surface area contributed by atoms with E-state index < -0.39 is 0 Å². The van der Waals surface area contributed by atoms with Crippen molar-refractivity contribution in [2.24, 2.45) is 0 Å². The summed E-state index contributed by atoms with van der Waals surface area (Å²) in [5, 5.41) is 0. The van der Waals surface area contributed by atoms with Gasteiger partial charge < -0.3 is 4.74 Å². The summed E-state index contributed by atoms with van der Waals surface area (Å²) >= 11 is 0. The van der Waals surface area contributed by atoms with E-state index in [1.54, 1.807) is 12.4 Å². The highest BCUT2D eigenvalue weighted by atomic mass is 16.5. The predicted molar refractivity (Wildman–Crippen MR) is 49.2 cm³/mol. The fourth-order valence-electron chi connectivity index (χ4n) is 1.09. The highest BCUT2D eigenvalue weighted by molar-refractivity contribution is 5.69. The molecule has 0 saturated heterocycles. The van der Waals surface area contributed by atoms with Crippen molar-refractivity contribution >= 4 is 5.97 Å². The van der Waals surface area contributed by atoms with Crippen LogP contribution >= 0.6 is 0 Å². The van der Waals surface area contributed by atoms with Gasteiger partial charge in [0.05, 0.1) is 7.11 Å². The fraction of sp³-hybridized carbons (Fsp3) is 0.400. The summed E-state index contributed by atoms with van der Waals surface area (Å²) in [5.41, 5.74) is 1.21. The van der Waals surface area contributed by atoms with Crippen LogP contribution in [0.2, 0.25) is 0 Å². The zero-order chi connectivity index (χ0) is 9.52. The number of pyridine rings is 1. The van der Waals surface area contributed by atoms with Gasteiger partial charge in [0.1, 0.15) is 0 Å². The van der Waals surface area contributed by atoms with Crippen LogP contribution in [0.15, 0.2) is 24.5 Å². The minimum Gasteiger partial charge on any atom is -0.469 e. The first-order valence-electron chi connectivity index (χ1n) is 4.28. The molecule has 0 saturated carbocycles. The predicted octanol–water partition coefficient (Wildman–Crippen LogP) is 1.58. The molecule has 0 unspecified atom stereocenters. The van der Waals surface area contributed by atoms with Crippen molar-refractivity contribution in [2.75, 3.05) is 7.11 Å². The van der Waals surface area contributed by atoms with Crippen molar-refractivity contribution < 1.29 is 9.53 Å². The van der Waals surface area contributed by atoms with Crippen LogP contribution in [0.25, 0.3) is 0 Å². The Labute approximate surface area is 77.8 Å². The first-order valence-corrected chi connectivity index (χ1v) is 4.28. The molecule has 0 N–H and O–H groups in total. The summed E-state index contributed by atoms with van der Waals surface area (Å²) in [6.45, 7) is 0. The highest BCUT2D eigenvalue weighted by Gasteiger charge is 1.99. The molecule has 13 heavy (non-hydrogen) atoms. The van der Waals surface area contributed by atoms with Crippen LogP contribution in [-0.2, 0) is 16.0 Å². The van der Waals surface area contributed by atoms with E-state index in [0.717, 1.165) is 12.8 Å². The fourth-order valence-corrected chi connectivity index (χ4v) is 1.09. The van der Waals surface area contributed by atoms with Gasteiger partial charge in [0, 0.05) is 18.8 Å². The standard InChI is InChI=1S/C10H13NO2/c1-13-10(12)4-2-3-9-5-7-11-8-6-9/h5-8H,2-4H2,1H3. The Hall–Kier alpha value is -1.38. The molecule has 0 aromatic carbocycles. The molecule has 0 aliphatic heterocycles. The van der Waals surface area contributed by atoms with Gasteiger partial charge in [-0.05, 0) is 30.5 Å². The van der Waals surface area contributed by atoms with Gasteiger partial charge in [0.25, 0.3) is 0 Å². The number of aromatic nitrogens is 1. The van der Waals surface area contributed by atoms with Crippen molar-refractivity contribution in [1.29, 1.82) is 0 Å². The molecule has 3 nitrogen and oxygen atoms in total. The average molecular weight is 179 g/mol. The first-order chi connectivity index (χ1) is 6.33. The minimum absolute atomic E-state index is 0.144. The van der Waals surface area contributed by atoms with E-state index in [-0.39, 0.29) is 5.97 Å². The van der Waals surface area contributed by atoms with Crippen LogP contribution in [-0.4, -0.2) is 18.1 Å². The van der Waals surface area contributed by atoms with Gasteiger partial charge in [-0.25, -0.2) is 0 Å². The molecule has 0 bridgehead atoms. The number of rotatable bonds is 4. The molecule has 1 aromatic heterocycles. The lowest BCUT2D eigenvalue weighted by Crippen LogP contribution is -2.00. The third kappa shape index (κ3) is 3.69. The van der Waals surface area contributed by atoms with Gasteiger partial charge >= 0.3 is 5.97 Å². The lowest BCUT2D eigenvalue weighted by molar-refractivity contribution is -0.140. The number of nitrogens with zero attached hydrogens (tertiary/aromatic N) is 1. The summed E-state index contributed by atoms with van der Waals surface area (Å²) < 4.78 is 4.54. The highest BCUT2D eigenvalue weighted by Crippen LogP contribution is 2.03. The number of aryl methyl sites for hydroxylation is 1. The summed E-state index contributed by atoms with van der Waals surface area (Å²) in [7, 11) is 1.41. The van der Waals surface area contributed by atoms with E-state index in [1.807, 2.05) is 12.1 Å². The SMILES string of the molecule is COC(=O)CCCc1ccncc1. The van der Waals surface area contributed by atoms with Gasteiger partial charge in [-0.1, -0.05) is 0 Å². The second-order valence-electron chi connectivity index (χ2n) is 2.79. The molecular weight excluding hydrogens is 166 g/mol. The molecule has 70 valence electrons. The molecule has 0 aliphatic carbocycles. The number of hydrogen-bond acceptors (Lipinski definition) is 3. The van der Waals surface area contributed by atoms with Crippen LogP contribution < -0.4 is 0 Å². The Morgan fingerprint density at radius 3 is 2.77 bits per heavy atom. The van der Waals surface area contributed by atoms with Crippen LogP contribution in [0.5, 0.6) is 0 Å². The monoisotopic (exact) mass is 179 g/mol. The van der Waals surface area contributed by atoms with Gasteiger partial charge in [0.2, 0.25) is 0 Å². The van der Waals surface area contributed by atoms with Gasteiger partial charge in [-0.2, -0.15) is 0 Å². The third-order valence-electron chi connectivity index (χ3n) is 1.82. The molecule has 1 aromatic rings.